The van der Waals surface area contributed by atoms with Crippen LogP contribution in [-0.2, 0) is 16.5 Å². The Bertz CT molecular complexity index is 1430. The number of hydrogen-bond acceptors (Lipinski definition) is 6. The molecule has 0 aliphatic carbocycles. The molecule has 5 rings (SSSR count). The minimum Gasteiger partial charge on any atom is -0.461 e. The maximum absolute atomic E-state index is 13.4. The third-order valence-corrected chi connectivity index (χ3v) is 7.12. The van der Waals surface area contributed by atoms with Crippen LogP contribution >= 0.6 is 0 Å². The third kappa shape index (κ3) is 5.12. The molecule has 37 heavy (non-hydrogen) atoms. The number of likely N-dealkylation sites (N-methyl/N-ethyl adjacent to an activating group) is 1. The molecule has 1 aliphatic rings. The zero-order valence-electron chi connectivity index (χ0n) is 21.8. The van der Waals surface area contributed by atoms with Gasteiger partial charge in [0.1, 0.15) is 18.9 Å². The summed E-state index contributed by atoms with van der Waals surface area (Å²) in [6, 6.07) is 13.5. The Labute approximate surface area is 216 Å². The van der Waals surface area contributed by atoms with Crippen LogP contribution in [0.4, 0.5) is 0 Å². The van der Waals surface area contributed by atoms with Crippen LogP contribution in [0.2, 0.25) is 0 Å². The molecule has 1 N–H and O–H groups in total. The molecule has 1 fully saturated rings. The van der Waals surface area contributed by atoms with E-state index in [9.17, 15) is 9.59 Å². The number of aromatic amines is 1. The summed E-state index contributed by atoms with van der Waals surface area (Å²) in [6.07, 6.45) is 4.31. The predicted molar refractivity (Wildman–Crippen MR) is 145 cm³/mol. The highest BCUT2D eigenvalue weighted by Gasteiger charge is 2.24. The highest BCUT2D eigenvalue weighted by atomic mass is 16.5. The van der Waals surface area contributed by atoms with Gasteiger partial charge in [0.25, 0.3) is 0 Å². The van der Waals surface area contributed by atoms with Crippen molar-refractivity contribution >= 4 is 33.7 Å². The topological polar surface area (TPSA) is 79.8 Å². The second-order valence-corrected chi connectivity index (χ2v) is 9.88. The molecule has 1 aliphatic heterocycles. The highest BCUT2D eigenvalue weighted by Crippen LogP contribution is 2.38. The molecule has 4 aromatic rings. The number of ether oxygens (including phenoxy) is 2. The summed E-state index contributed by atoms with van der Waals surface area (Å²) in [6.45, 7) is 4.15. The van der Waals surface area contributed by atoms with Gasteiger partial charge >= 0.3 is 11.9 Å². The first-order valence-electron chi connectivity index (χ1n) is 12.8. The summed E-state index contributed by atoms with van der Waals surface area (Å²) in [5, 5.41) is 1.81. The lowest BCUT2D eigenvalue weighted by Crippen LogP contribution is -2.25. The van der Waals surface area contributed by atoms with Gasteiger partial charge in [0.05, 0.1) is 5.56 Å². The van der Waals surface area contributed by atoms with E-state index in [1.165, 1.54) is 12.8 Å². The molecule has 0 spiro atoms. The van der Waals surface area contributed by atoms with Crippen LogP contribution in [0.15, 0.2) is 48.7 Å². The number of para-hydroxylation sites is 1. The number of esters is 2. The minimum absolute atomic E-state index is 0.303. The van der Waals surface area contributed by atoms with Gasteiger partial charge in [0, 0.05) is 59.3 Å². The van der Waals surface area contributed by atoms with E-state index in [1.807, 2.05) is 73.2 Å². The lowest BCUT2D eigenvalue weighted by Gasteiger charge is -2.15. The quantitative estimate of drug-likeness (QED) is 0.344. The van der Waals surface area contributed by atoms with Gasteiger partial charge in [-0.25, -0.2) is 9.59 Å². The van der Waals surface area contributed by atoms with Crippen molar-refractivity contribution in [3.05, 3.63) is 59.9 Å². The van der Waals surface area contributed by atoms with Crippen LogP contribution in [0.5, 0.6) is 0 Å². The molecule has 0 unspecified atom stereocenters. The molecular weight excluding hydrogens is 468 g/mol. The molecule has 0 saturated carbocycles. The van der Waals surface area contributed by atoms with Gasteiger partial charge in [-0.15, -0.1) is 0 Å². The van der Waals surface area contributed by atoms with E-state index >= 15 is 0 Å². The Kier molecular flexibility index (Phi) is 7.30. The van der Waals surface area contributed by atoms with E-state index in [4.69, 9.17) is 9.47 Å². The molecule has 0 atom stereocenters. The van der Waals surface area contributed by atoms with Gasteiger partial charge in [-0.05, 0) is 64.3 Å². The molecular formula is C29H34N4O4. The number of aryl methyl sites for hydroxylation is 1. The number of carbonyl (C=O) groups excluding carboxylic acids is 2. The summed E-state index contributed by atoms with van der Waals surface area (Å²) >= 11 is 0. The van der Waals surface area contributed by atoms with Gasteiger partial charge < -0.3 is 23.9 Å². The Morgan fingerprint density at radius 3 is 2.51 bits per heavy atom. The number of carbonyl (C=O) groups is 2. The van der Waals surface area contributed by atoms with Crippen LogP contribution in [0.1, 0.15) is 33.7 Å². The zero-order chi connectivity index (χ0) is 25.9. The number of fused-ring (bicyclic) bond motifs is 2. The number of aromatic nitrogens is 2. The van der Waals surface area contributed by atoms with Gasteiger partial charge in [-0.1, -0.05) is 18.2 Å². The average Bonchev–Trinajstić information content (AvgIpc) is 3.62. The lowest BCUT2D eigenvalue weighted by atomic mass is 9.95. The van der Waals surface area contributed by atoms with Crippen molar-refractivity contribution in [2.24, 2.45) is 7.05 Å². The molecule has 0 radical (unpaired) electrons. The van der Waals surface area contributed by atoms with Gasteiger partial charge in [-0.2, -0.15) is 0 Å². The summed E-state index contributed by atoms with van der Waals surface area (Å²) in [5.74, 6) is -0.750. The number of likely N-dealkylation sites (tertiary alicyclic amines) is 1. The second-order valence-electron chi connectivity index (χ2n) is 9.88. The van der Waals surface area contributed by atoms with E-state index in [-0.39, 0.29) is 11.9 Å². The van der Waals surface area contributed by atoms with Crippen molar-refractivity contribution < 1.29 is 19.1 Å². The van der Waals surface area contributed by atoms with Crippen molar-refractivity contribution in [1.29, 1.82) is 0 Å². The molecule has 8 nitrogen and oxygen atoms in total. The summed E-state index contributed by atoms with van der Waals surface area (Å²) in [5.41, 5.74) is 4.39. The van der Waals surface area contributed by atoms with Gasteiger partial charge in [0.15, 0.2) is 0 Å². The van der Waals surface area contributed by atoms with Crippen LogP contribution in [-0.4, -0.2) is 84.8 Å². The maximum atomic E-state index is 13.4. The van der Waals surface area contributed by atoms with E-state index in [1.54, 1.807) is 6.07 Å². The Morgan fingerprint density at radius 2 is 1.73 bits per heavy atom. The summed E-state index contributed by atoms with van der Waals surface area (Å²) in [7, 11) is 5.71. The van der Waals surface area contributed by atoms with Crippen molar-refractivity contribution in [2.45, 2.75) is 12.8 Å². The van der Waals surface area contributed by atoms with Crippen LogP contribution in [0.25, 0.3) is 32.9 Å². The SMILES string of the molecule is CN(C)CCOC(=O)c1cc2c(-c3c[nH]c4ccccc34)c(C(=O)OCCN3CCCC3)ccc2n1C. The Morgan fingerprint density at radius 1 is 0.973 bits per heavy atom. The maximum Gasteiger partial charge on any atom is 0.355 e. The van der Waals surface area contributed by atoms with Crippen LogP contribution < -0.4 is 0 Å². The minimum atomic E-state index is -0.389. The first-order chi connectivity index (χ1) is 17.9. The molecule has 1 saturated heterocycles. The van der Waals surface area contributed by atoms with Crippen molar-refractivity contribution in [2.75, 3.05) is 53.5 Å². The molecule has 0 bridgehead atoms. The van der Waals surface area contributed by atoms with E-state index in [0.29, 0.717) is 31.0 Å². The smallest absolute Gasteiger partial charge is 0.355 e. The normalized spacial score (nSPS) is 14.2. The van der Waals surface area contributed by atoms with Crippen molar-refractivity contribution in [3.63, 3.8) is 0 Å². The monoisotopic (exact) mass is 502 g/mol. The number of benzene rings is 2. The fourth-order valence-corrected chi connectivity index (χ4v) is 5.09. The fraction of sp³-hybridized carbons (Fsp3) is 0.379. The Balaban J connectivity index is 1.54. The summed E-state index contributed by atoms with van der Waals surface area (Å²) < 4.78 is 13.1. The van der Waals surface area contributed by atoms with E-state index < -0.39 is 0 Å². The molecule has 8 heteroatoms. The van der Waals surface area contributed by atoms with E-state index in [0.717, 1.165) is 52.6 Å². The van der Waals surface area contributed by atoms with Crippen molar-refractivity contribution in [3.8, 4) is 11.1 Å². The third-order valence-electron chi connectivity index (χ3n) is 7.12. The molecule has 194 valence electrons. The highest BCUT2D eigenvalue weighted by molar-refractivity contribution is 6.13. The fourth-order valence-electron chi connectivity index (χ4n) is 5.09. The average molecular weight is 503 g/mol. The van der Waals surface area contributed by atoms with E-state index in [2.05, 4.69) is 9.88 Å². The number of rotatable bonds is 9. The molecule has 2 aromatic heterocycles. The second kappa shape index (κ2) is 10.8. The number of nitrogens with zero attached hydrogens (tertiary/aromatic N) is 3. The van der Waals surface area contributed by atoms with Crippen LogP contribution in [0.3, 0.4) is 0 Å². The summed E-state index contributed by atoms with van der Waals surface area (Å²) in [4.78, 5) is 33.9. The number of nitrogens with one attached hydrogen (secondary N) is 1. The number of hydrogen-bond donors (Lipinski definition) is 1. The first kappa shape index (κ1) is 25.0. The standard InChI is InChI=1S/C29H34N4O4/c1-31(2)14-16-37-29(35)26-18-22-25(32(26)3)11-10-21(28(34)36-17-15-33-12-6-7-13-33)27(22)23-19-30-24-9-5-4-8-20(23)24/h4-5,8-11,18-19,30H,6-7,12-17H2,1-3H3. The zero-order valence-corrected chi connectivity index (χ0v) is 21.8. The molecule has 0 amide bonds. The van der Waals surface area contributed by atoms with Crippen LogP contribution in [0, 0.1) is 0 Å². The lowest BCUT2D eigenvalue weighted by molar-refractivity contribution is 0.0463. The molecule has 2 aromatic carbocycles. The Hall–Kier alpha value is -3.62. The molecule has 3 heterocycles. The van der Waals surface area contributed by atoms with Gasteiger partial charge in [-0.3, -0.25) is 4.90 Å². The van der Waals surface area contributed by atoms with Crippen molar-refractivity contribution in [1.82, 2.24) is 19.4 Å². The largest absolute Gasteiger partial charge is 0.461 e. The van der Waals surface area contributed by atoms with Gasteiger partial charge in [0.2, 0.25) is 0 Å². The number of H-pyrrole nitrogens is 1. The predicted octanol–water partition coefficient (Wildman–Crippen LogP) is 4.30. The first-order valence-corrected chi connectivity index (χ1v) is 12.8.